The summed E-state index contributed by atoms with van der Waals surface area (Å²) in [6, 6.07) is 15.0. The summed E-state index contributed by atoms with van der Waals surface area (Å²) in [5.41, 5.74) is 2.71. The molecule has 0 atom stereocenters. The monoisotopic (exact) mass is 349 g/mol. The zero-order valence-electron chi connectivity index (χ0n) is 14.4. The number of nitrogens with zero attached hydrogens (tertiary/aromatic N) is 2. The maximum Gasteiger partial charge on any atom is 0.258 e. The molecule has 6 heteroatoms. The van der Waals surface area contributed by atoms with Crippen molar-refractivity contribution in [3.8, 4) is 28.6 Å². The van der Waals surface area contributed by atoms with Gasteiger partial charge in [0.2, 0.25) is 5.82 Å². The molecule has 2 aromatic carbocycles. The Bertz CT molecular complexity index is 918. The molecule has 0 radical (unpaired) electrons. The molecule has 3 aromatic rings. The van der Waals surface area contributed by atoms with E-state index in [1.807, 2.05) is 43.3 Å². The summed E-state index contributed by atoms with van der Waals surface area (Å²) in [5.74, 6) is 1.27. The van der Waals surface area contributed by atoms with Gasteiger partial charge in [0.15, 0.2) is 6.61 Å². The third-order valence-electron chi connectivity index (χ3n) is 3.71. The predicted octanol–water partition coefficient (Wildman–Crippen LogP) is 3.39. The van der Waals surface area contributed by atoms with Crippen molar-refractivity contribution in [2.45, 2.75) is 6.92 Å². The largest absolute Gasteiger partial charge is 0.484 e. The third-order valence-corrected chi connectivity index (χ3v) is 3.71. The van der Waals surface area contributed by atoms with Crippen LogP contribution in [0.5, 0.6) is 5.75 Å². The molecule has 1 heterocycles. The second-order valence-corrected chi connectivity index (χ2v) is 5.65. The number of hydrogen-bond acceptors (Lipinski definition) is 5. The molecule has 0 aliphatic heterocycles. The summed E-state index contributed by atoms with van der Waals surface area (Å²) in [6.07, 6.45) is 1.61. The van der Waals surface area contributed by atoms with Gasteiger partial charge >= 0.3 is 0 Å². The van der Waals surface area contributed by atoms with E-state index in [2.05, 4.69) is 22.0 Å². The van der Waals surface area contributed by atoms with Crippen molar-refractivity contribution in [1.82, 2.24) is 15.5 Å². The lowest BCUT2D eigenvalue weighted by atomic mass is 10.1. The molecule has 1 amide bonds. The lowest BCUT2D eigenvalue weighted by Gasteiger charge is -2.06. The van der Waals surface area contributed by atoms with Crippen LogP contribution in [0.15, 0.2) is 65.7 Å². The molecular formula is C20H19N3O3. The van der Waals surface area contributed by atoms with Crippen LogP contribution in [0.1, 0.15) is 5.56 Å². The van der Waals surface area contributed by atoms with Gasteiger partial charge in [-0.25, -0.2) is 0 Å². The van der Waals surface area contributed by atoms with E-state index in [1.165, 1.54) is 0 Å². The first-order valence-corrected chi connectivity index (χ1v) is 8.18. The average molecular weight is 349 g/mol. The number of nitrogens with one attached hydrogen (secondary N) is 1. The normalized spacial score (nSPS) is 10.3. The molecule has 26 heavy (non-hydrogen) atoms. The lowest BCUT2D eigenvalue weighted by molar-refractivity contribution is -0.122. The topological polar surface area (TPSA) is 77.2 Å². The van der Waals surface area contributed by atoms with E-state index in [4.69, 9.17) is 9.26 Å². The number of aryl methyl sites for hydroxylation is 1. The number of rotatable bonds is 7. The van der Waals surface area contributed by atoms with Gasteiger partial charge in [0.05, 0.1) is 0 Å². The average Bonchev–Trinajstić information content (AvgIpc) is 3.15. The van der Waals surface area contributed by atoms with Crippen LogP contribution >= 0.6 is 0 Å². The van der Waals surface area contributed by atoms with Crippen molar-refractivity contribution < 1.29 is 14.1 Å². The van der Waals surface area contributed by atoms with Gasteiger partial charge in [0, 0.05) is 17.7 Å². The minimum Gasteiger partial charge on any atom is -0.484 e. The van der Waals surface area contributed by atoms with Crippen molar-refractivity contribution in [2.75, 3.05) is 13.2 Å². The van der Waals surface area contributed by atoms with Gasteiger partial charge in [0.1, 0.15) is 5.75 Å². The Labute approximate surface area is 151 Å². The Morgan fingerprint density at radius 2 is 2.12 bits per heavy atom. The first-order valence-electron chi connectivity index (χ1n) is 8.18. The van der Waals surface area contributed by atoms with Crippen molar-refractivity contribution in [1.29, 1.82) is 0 Å². The Hall–Kier alpha value is -3.41. The number of ether oxygens (including phenoxy) is 1. The summed E-state index contributed by atoms with van der Waals surface area (Å²) in [5, 5.41) is 6.70. The Morgan fingerprint density at radius 1 is 1.27 bits per heavy atom. The molecule has 0 fully saturated rings. The number of carbonyl (C=O) groups excluding carboxylic acids is 1. The third kappa shape index (κ3) is 4.16. The van der Waals surface area contributed by atoms with Crippen LogP contribution < -0.4 is 10.1 Å². The maximum absolute atomic E-state index is 11.6. The van der Waals surface area contributed by atoms with E-state index in [9.17, 15) is 4.79 Å². The van der Waals surface area contributed by atoms with Crippen molar-refractivity contribution in [3.05, 3.63) is 66.7 Å². The fourth-order valence-electron chi connectivity index (χ4n) is 2.37. The molecule has 132 valence electrons. The second kappa shape index (κ2) is 8.11. The Balaban J connectivity index is 1.73. The zero-order chi connectivity index (χ0) is 18.4. The number of carbonyl (C=O) groups is 1. The molecule has 3 rings (SSSR count). The van der Waals surface area contributed by atoms with Gasteiger partial charge in [-0.05, 0) is 30.7 Å². The van der Waals surface area contributed by atoms with Crippen molar-refractivity contribution in [2.24, 2.45) is 0 Å². The molecular weight excluding hydrogens is 330 g/mol. The standard InChI is InChI=1S/C20H19N3O3/c1-3-11-21-18(24)13-25-16-9-6-8-15(12-16)19-22-20(26-23-19)17-10-5-4-7-14(17)2/h3-10,12H,1,11,13H2,2H3,(H,21,24). The molecule has 0 bridgehead atoms. The summed E-state index contributed by atoms with van der Waals surface area (Å²) in [7, 11) is 0. The van der Waals surface area contributed by atoms with Gasteiger partial charge in [-0.2, -0.15) is 4.98 Å². The molecule has 0 saturated heterocycles. The van der Waals surface area contributed by atoms with E-state index < -0.39 is 0 Å². The highest BCUT2D eigenvalue weighted by molar-refractivity contribution is 5.77. The van der Waals surface area contributed by atoms with E-state index in [1.54, 1.807) is 18.2 Å². The Morgan fingerprint density at radius 3 is 2.92 bits per heavy atom. The molecule has 0 aliphatic carbocycles. The first kappa shape index (κ1) is 17.4. The zero-order valence-corrected chi connectivity index (χ0v) is 14.4. The molecule has 0 aliphatic rings. The molecule has 0 spiro atoms. The molecule has 1 aromatic heterocycles. The smallest absolute Gasteiger partial charge is 0.258 e. The van der Waals surface area contributed by atoms with Crippen LogP contribution in [0, 0.1) is 6.92 Å². The number of amides is 1. The van der Waals surface area contributed by atoms with E-state index >= 15 is 0 Å². The molecule has 6 nitrogen and oxygen atoms in total. The molecule has 1 N–H and O–H groups in total. The second-order valence-electron chi connectivity index (χ2n) is 5.65. The van der Waals surface area contributed by atoms with E-state index in [0.29, 0.717) is 24.0 Å². The van der Waals surface area contributed by atoms with Gasteiger partial charge < -0.3 is 14.6 Å². The van der Waals surface area contributed by atoms with Gasteiger partial charge in [0.25, 0.3) is 11.8 Å². The van der Waals surface area contributed by atoms with Crippen molar-refractivity contribution >= 4 is 5.91 Å². The fourth-order valence-corrected chi connectivity index (χ4v) is 2.37. The fraction of sp³-hybridized carbons (Fsp3) is 0.150. The minimum atomic E-state index is -0.211. The first-order chi connectivity index (χ1) is 12.7. The SMILES string of the molecule is C=CCNC(=O)COc1cccc(-c2noc(-c3ccccc3C)n2)c1. The quantitative estimate of drug-likeness (QED) is 0.662. The maximum atomic E-state index is 11.6. The van der Waals surface area contributed by atoms with Crippen molar-refractivity contribution in [3.63, 3.8) is 0 Å². The van der Waals surface area contributed by atoms with Crippen LogP contribution in [0.2, 0.25) is 0 Å². The van der Waals surface area contributed by atoms with E-state index in [-0.39, 0.29) is 12.5 Å². The molecule has 0 unspecified atom stereocenters. The lowest BCUT2D eigenvalue weighted by Crippen LogP contribution is -2.28. The highest BCUT2D eigenvalue weighted by Gasteiger charge is 2.13. The predicted molar refractivity (Wildman–Crippen MR) is 98.6 cm³/mol. The minimum absolute atomic E-state index is 0.0714. The Kier molecular flexibility index (Phi) is 5.43. The highest BCUT2D eigenvalue weighted by atomic mass is 16.5. The number of aromatic nitrogens is 2. The van der Waals surface area contributed by atoms with Crippen LogP contribution in [-0.2, 0) is 4.79 Å². The van der Waals surface area contributed by atoms with Crippen LogP contribution in [0.3, 0.4) is 0 Å². The number of benzene rings is 2. The number of hydrogen-bond donors (Lipinski definition) is 1. The van der Waals surface area contributed by atoms with Gasteiger partial charge in [-0.1, -0.05) is 41.6 Å². The molecule has 0 saturated carbocycles. The van der Waals surface area contributed by atoms with E-state index in [0.717, 1.165) is 16.7 Å². The van der Waals surface area contributed by atoms with Crippen LogP contribution in [0.4, 0.5) is 0 Å². The van der Waals surface area contributed by atoms with Gasteiger partial charge in [-0.15, -0.1) is 6.58 Å². The summed E-state index contributed by atoms with van der Waals surface area (Å²) in [6.45, 7) is 5.88. The summed E-state index contributed by atoms with van der Waals surface area (Å²) < 4.78 is 10.9. The summed E-state index contributed by atoms with van der Waals surface area (Å²) in [4.78, 5) is 16.1. The van der Waals surface area contributed by atoms with Gasteiger partial charge in [-0.3, -0.25) is 4.79 Å². The summed E-state index contributed by atoms with van der Waals surface area (Å²) >= 11 is 0. The van der Waals surface area contributed by atoms with Crippen LogP contribution in [-0.4, -0.2) is 29.2 Å². The highest BCUT2D eigenvalue weighted by Crippen LogP contribution is 2.26. The van der Waals surface area contributed by atoms with Crippen LogP contribution in [0.25, 0.3) is 22.8 Å².